The lowest BCUT2D eigenvalue weighted by Crippen LogP contribution is -2.40. The minimum absolute atomic E-state index is 0.346. The quantitative estimate of drug-likeness (QED) is 0.764. The number of hydrogen-bond acceptors (Lipinski definition) is 4. The molecule has 0 saturated carbocycles. The normalized spacial score (nSPS) is 11.4. The van der Waals surface area contributed by atoms with Crippen LogP contribution in [0.5, 0.6) is 5.75 Å². The van der Waals surface area contributed by atoms with Crippen LogP contribution in [0.3, 0.4) is 0 Å². The van der Waals surface area contributed by atoms with Gasteiger partial charge in [-0.3, -0.25) is 4.79 Å². The molecule has 0 radical (unpaired) electrons. The first kappa shape index (κ1) is 16.4. The predicted molar refractivity (Wildman–Crippen MR) is 76.9 cm³/mol. The molecule has 0 unspecified atom stereocenters. The second-order valence-corrected chi connectivity index (χ2v) is 6.05. The Balaban J connectivity index is 2.64. The number of hydrogen-bond donors (Lipinski definition) is 2. The van der Waals surface area contributed by atoms with Gasteiger partial charge in [0, 0.05) is 14.1 Å². The molecule has 20 heavy (non-hydrogen) atoms. The number of benzene rings is 1. The summed E-state index contributed by atoms with van der Waals surface area (Å²) in [5, 5.41) is 2.60. The highest BCUT2D eigenvalue weighted by Crippen LogP contribution is 2.23. The van der Waals surface area contributed by atoms with E-state index in [0.29, 0.717) is 18.0 Å². The van der Waals surface area contributed by atoms with Crippen LogP contribution in [-0.4, -0.2) is 45.9 Å². The second-order valence-electron chi connectivity index (χ2n) is 4.09. The van der Waals surface area contributed by atoms with Crippen LogP contribution in [0.15, 0.2) is 24.3 Å². The number of rotatable bonds is 7. The molecular formula is C12H19N3O4S. The molecule has 0 fully saturated rings. The van der Waals surface area contributed by atoms with Crippen LogP contribution in [0.2, 0.25) is 0 Å². The summed E-state index contributed by atoms with van der Waals surface area (Å²) in [6.45, 7) is 1.96. The number of amides is 1. The van der Waals surface area contributed by atoms with E-state index in [1.807, 2.05) is 6.92 Å². The molecule has 7 nitrogen and oxygen atoms in total. The van der Waals surface area contributed by atoms with Crippen LogP contribution in [0, 0.1) is 0 Å². The number of carbonyl (C=O) groups is 1. The topological polar surface area (TPSA) is 87.7 Å². The maximum atomic E-state index is 11.7. The Morgan fingerprint density at radius 3 is 2.55 bits per heavy atom. The van der Waals surface area contributed by atoms with Crippen molar-refractivity contribution in [3.8, 4) is 5.75 Å². The molecule has 0 aliphatic rings. The number of para-hydroxylation sites is 2. The van der Waals surface area contributed by atoms with E-state index in [2.05, 4.69) is 10.0 Å². The van der Waals surface area contributed by atoms with E-state index in [1.165, 1.54) is 14.1 Å². The highest BCUT2D eigenvalue weighted by Gasteiger charge is 2.15. The van der Waals surface area contributed by atoms with Crippen molar-refractivity contribution in [3.63, 3.8) is 0 Å². The lowest BCUT2D eigenvalue weighted by Gasteiger charge is -2.13. The van der Waals surface area contributed by atoms with Crippen molar-refractivity contribution in [3.05, 3.63) is 24.3 Å². The Hall–Kier alpha value is -1.64. The summed E-state index contributed by atoms with van der Waals surface area (Å²) < 4.78 is 31.5. The third-order valence-electron chi connectivity index (χ3n) is 2.36. The fourth-order valence-electron chi connectivity index (χ4n) is 1.33. The van der Waals surface area contributed by atoms with Gasteiger partial charge in [-0.15, -0.1) is 0 Å². The SMILES string of the molecule is CCOc1ccccc1NC(=O)CNS(=O)(=O)N(C)C. The van der Waals surface area contributed by atoms with Gasteiger partial charge in [-0.2, -0.15) is 17.4 Å². The average Bonchev–Trinajstić information content (AvgIpc) is 2.39. The van der Waals surface area contributed by atoms with Gasteiger partial charge >= 0.3 is 0 Å². The van der Waals surface area contributed by atoms with Crippen LogP contribution in [0.4, 0.5) is 5.69 Å². The van der Waals surface area contributed by atoms with E-state index in [-0.39, 0.29) is 6.54 Å². The molecular weight excluding hydrogens is 282 g/mol. The number of ether oxygens (including phenoxy) is 1. The first-order valence-electron chi connectivity index (χ1n) is 6.05. The fraction of sp³-hybridized carbons (Fsp3) is 0.417. The molecule has 0 heterocycles. The molecule has 0 aromatic heterocycles. The maximum Gasteiger partial charge on any atom is 0.279 e. The summed E-state index contributed by atoms with van der Waals surface area (Å²) in [7, 11) is -0.855. The standard InChI is InChI=1S/C12H19N3O4S/c1-4-19-11-8-6-5-7-10(11)14-12(16)9-13-20(17,18)15(2)3/h5-8,13H,4,9H2,1-3H3,(H,14,16). The van der Waals surface area contributed by atoms with Gasteiger partial charge in [-0.1, -0.05) is 12.1 Å². The molecule has 0 saturated heterocycles. The van der Waals surface area contributed by atoms with Gasteiger partial charge < -0.3 is 10.1 Å². The smallest absolute Gasteiger partial charge is 0.279 e. The van der Waals surface area contributed by atoms with Crippen molar-refractivity contribution >= 4 is 21.8 Å². The Kier molecular flexibility index (Phi) is 5.93. The van der Waals surface area contributed by atoms with E-state index in [4.69, 9.17) is 4.74 Å². The van der Waals surface area contributed by atoms with Gasteiger partial charge in [-0.25, -0.2) is 0 Å². The summed E-state index contributed by atoms with van der Waals surface area (Å²) in [6.07, 6.45) is 0. The van der Waals surface area contributed by atoms with E-state index >= 15 is 0 Å². The molecule has 1 aromatic rings. The van der Waals surface area contributed by atoms with Crippen molar-refractivity contribution in [1.82, 2.24) is 9.03 Å². The summed E-state index contributed by atoms with van der Waals surface area (Å²) in [4.78, 5) is 11.7. The van der Waals surface area contributed by atoms with Crippen LogP contribution in [0.1, 0.15) is 6.92 Å². The maximum absolute atomic E-state index is 11.7. The lowest BCUT2D eigenvalue weighted by atomic mass is 10.3. The van der Waals surface area contributed by atoms with Crippen molar-refractivity contribution < 1.29 is 17.9 Å². The zero-order valence-corrected chi connectivity index (χ0v) is 12.5. The number of anilines is 1. The highest BCUT2D eigenvalue weighted by atomic mass is 32.2. The molecule has 0 bridgehead atoms. The van der Waals surface area contributed by atoms with Crippen LogP contribution in [0.25, 0.3) is 0 Å². The number of nitrogens with zero attached hydrogens (tertiary/aromatic N) is 1. The molecule has 0 atom stereocenters. The fourth-order valence-corrected chi connectivity index (χ4v) is 1.90. The molecule has 0 spiro atoms. The second kappa shape index (κ2) is 7.22. The molecule has 0 aliphatic heterocycles. The largest absolute Gasteiger partial charge is 0.492 e. The van der Waals surface area contributed by atoms with Crippen LogP contribution < -0.4 is 14.8 Å². The van der Waals surface area contributed by atoms with Crippen molar-refractivity contribution in [2.45, 2.75) is 6.92 Å². The monoisotopic (exact) mass is 301 g/mol. The average molecular weight is 301 g/mol. The lowest BCUT2D eigenvalue weighted by molar-refractivity contribution is -0.115. The summed E-state index contributed by atoms with van der Waals surface area (Å²) in [6, 6.07) is 6.95. The zero-order valence-electron chi connectivity index (χ0n) is 11.7. The Labute approximate surface area is 119 Å². The van der Waals surface area contributed by atoms with Gasteiger partial charge in [0.05, 0.1) is 18.8 Å². The van der Waals surface area contributed by atoms with Gasteiger partial charge in [0.1, 0.15) is 5.75 Å². The van der Waals surface area contributed by atoms with Crippen LogP contribution in [-0.2, 0) is 15.0 Å². The molecule has 0 aliphatic carbocycles. The van der Waals surface area contributed by atoms with E-state index in [0.717, 1.165) is 4.31 Å². The van der Waals surface area contributed by atoms with Gasteiger partial charge in [0.15, 0.2) is 0 Å². The first-order valence-corrected chi connectivity index (χ1v) is 7.49. The first-order chi connectivity index (χ1) is 9.36. The molecule has 112 valence electrons. The number of carbonyl (C=O) groups excluding carboxylic acids is 1. The minimum Gasteiger partial charge on any atom is -0.492 e. The summed E-state index contributed by atoms with van der Waals surface area (Å²) in [5.41, 5.74) is 0.503. The van der Waals surface area contributed by atoms with E-state index < -0.39 is 16.1 Å². The van der Waals surface area contributed by atoms with Gasteiger partial charge in [0.2, 0.25) is 5.91 Å². The molecule has 1 rings (SSSR count). The van der Waals surface area contributed by atoms with Gasteiger partial charge in [0.25, 0.3) is 10.2 Å². The van der Waals surface area contributed by atoms with Gasteiger partial charge in [-0.05, 0) is 19.1 Å². The molecule has 8 heteroatoms. The van der Waals surface area contributed by atoms with Crippen molar-refractivity contribution in [2.24, 2.45) is 0 Å². The highest BCUT2D eigenvalue weighted by molar-refractivity contribution is 7.87. The van der Waals surface area contributed by atoms with Crippen LogP contribution >= 0.6 is 0 Å². The molecule has 2 N–H and O–H groups in total. The summed E-state index contributed by atoms with van der Waals surface area (Å²) >= 11 is 0. The van der Waals surface area contributed by atoms with E-state index in [9.17, 15) is 13.2 Å². The third kappa shape index (κ3) is 4.80. The molecule has 1 amide bonds. The zero-order chi connectivity index (χ0) is 15.2. The van der Waals surface area contributed by atoms with Crippen molar-refractivity contribution in [2.75, 3.05) is 32.6 Å². The minimum atomic E-state index is -3.61. The Morgan fingerprint density at radius 1 is 1.30 bits per heavy atom. The number of nitrogens with one attached hydrogen (secondary N) is 2. The predicted octanol–water partition coefficient (Wildman–Crippen LogP) is 0.420. The Morgan fingerprint density at radius 2 is 1.95 bits per heavy atom. The molecule has 1 aromatic carbocycles. The van der Waals surface area contributed by atoms with Crippen molar-refractivity contribution in [1.29, 1.82) is 0 Å². The Bertz CT molecular complexity index is 558. The third-order valence-corrected chi connectivity index (χ3v) is 3.83. The van der Waals surface area contributed by atoms with E-state index in [1.54, 1.807) is 24.3 Å². The summed E-state index contributed by atoms with van der Waals surface area (Å²) in [5.74, 6) is 0.0707.